The number of hydrogen-bond donors (Lipinski definition) is 1. The summed E-state index contributed by atoms with van der Waals surface area (Å²) in [6, 6.07) is 5.62. The first-order valence-electron chi connectivity index (χ1n) is 4.71. The van der Waals surface area contributed by atoms with Crippen LogP contribution in [0.3, 0.4) is 0 Å². The number of benzene rings is 1. The number of para-hydroxylation sites is 1. The van der Waals surface area contributed by atoms with Crippen LogP contribution in [-0.4, -0.2) is 4.98 Å². The van der Waals surface area contributed by atoms with Crippen molar-refractivity contribution < 1.29 is 13.2 Å². The number of anilines is 2. The van der Waals surface area contributed by atoms with E-state index in [1.54, 1.807) is 18.2 Å². The molecule has 2 rings (SSSR count). The fourth-order valence-electron chi connectivity index (χ4n) is 1.27. The van der Waals surface area contributed by atoms with Gasteiger partial charge >= 0.3 is 0 Å². The van der Waals surface area contributed by atoms with Gasteiger partial charge in [-0.15, -0.1) is 0 Å². The summed E-state index contributed by atoms with van der Waals surface area (Å²) < 4.78 is 40.4. The first-order valence-corrected chi connectivity index (χ1v) is 6.30. The lowest BCUT2D eigenvalue weighted by Crippen LogP contribution is -2.02. The van der Waals surface area contributed by atoms with Crippen LogP contribution < -0.4 is 5.32 Å². The maximum atomic E-state index is 13.4. The molecule has 0 fully saturated rings. The summed E-state index contributed by atoms with van der Waals surface area (Å²) in [4.78, 5) is 3.18. The van der Waals surface area contributed by atoms with Crippen molar-refractivity contribution in [2.75, 3.05) is 5.32 Å². The monoisotopic (exact) mass is 380 g/mol. The predicted molar refractivity (Wildman–Crippen MR) is 69.2 cm³/mol. The number of pyridine rings is 1. The third-order valence-corrected chi connectivity index (χ3v) is 3.41. The largest absolute Gasteiger partial charge is 0.336 e. The highest BCUT2D eigenvalue weighted by molar-refractivity contribution is 9.11. The average molecular weight is 382 g/mol. The van der Waals surface area contributed by atoms with Crippen molar-refractivity contribution in [1.29, 1.82) is 0 Å². The molecule has 2 nitrogen and oxygen atoms in total. The van der Waals surface area contributed by atoms with Gasteiger partial charge in [-0.05, 0) is 44.0 Å². The molecular weight excluding hydrogens is 377 g/mol. The molecule has 0 atom stereocenters. The zero-order valence-corrected chi connectivity index (χ0v) is 11.8. The number of nitrogens with one attached hydrogen (secondary N) is 1. The third kappa shape index (κ3) is 2.67. The molecule has 1 aromatic heterocycles. The van der Waals surface area contributed by atoms with Gasteiger partial charge in [0.05, 0.1) is 5.69 Å². The summed E-state index contributed by atoms with van der Waals surface area (Å²) >= 11 is 6.50. The van der Waals surface area contributed by atoms with Gasteiger partial charge in [0.15, 0.2) is 17.5 Å². The zero-order valence-electron chi connectivity index (χ0n) is 8.65. The second-order valence-corrected chi connectivity index (χ2v) is 5.02. The van der Waals surface area contributed by atoms with Crippen LogP contribution in [0, 0.1) is 17.6 Å². The third-order valence-electron chi connectivity index (χ3n) is 2.09. The van der Waals surface area contributed by atoms with Crippen molar-refractivity contribution in [3.63, 3.8) is 0 Å². The van der Waals surface area contributed by atoms with Gasteiger partial charge in [0.2, 0.25) is 0 Å². The van der Waals surface area contributed by atoms with Crippen LogP contribution in [0.25, 0.3) is 0 Å². The lowest BCUT2D eigenvalue weighted by Gasteiger charge is -2.10. The van der Waals surface area contributed by atoms with E-state index in [0.717, 1.165) is 0 Å². The van der Waals surface area contributed by atoms with E-state index in [4.69, 9.17) is 0 Å². The Kier molecular flexibility index (Phi) is 3.91. The number of hydrogen-bond acceptors (Lipinski definition) is 2. The SMILES string of the molecule is Fc1cc(F)c(Nc2c(Br)cccc2Br)nc1F. The van der Waals surface area contributed by atoms with Crippen molar-refractivity contribution in [1.82, 2.24) is 4.98 Å². The van der Waals surface area contributed by atoms with Crippen molar-refractivity contribution in [2.45, 2.75) is 0 Å². The first kappa shape index (κ1) is 13.4. The van der Waals surface area contributed by atoms with E-state index in [-0.39, 0.29) is 5.82 Å². The van der Waals surface area contributed by atoms with E-state index in [2.05, 4.69) is 42.2 Å². The van der Waals surface area contributed by atoms with Crippen LogP contribution in [0.2, 0.25) is 0 Å². The summed E-state index contributed by atoms with van der Waals surface area (Å²) in [5.74, 6) is -4.05. The molecule has 1 N–H and O–H groups in total. The lowest BCUT2D eigenvalue weighted by atomic mass is 10.3. The Morgan fingerprint density at radius 3 is 2.22 bits per heavy atom. The van der Waals surface area contributed by atoms with Gasteiger partial charge in [0, 0.05) is 15.0 Å². The van der Waals surface area contributed by atoms with Gasteiger partial charge in [-0.3, -0.25) is 0 Å². The fraction of sp³-hybridized carbons (Fsp3) is 0. The van der Waals surface area contributed by atoms with Crippen LogP contribution in [0.1, 0.15) is 0 Å². The summed E-state index contributed by atoms with van der Waals surface area (Å²) in [6.07, 6.45) is 0. The van der Waals surface area contributed by atoms with E-state index < -0.39 is 17.6 Å². The summed E-state index contributed by atoms with van der Waals surface area (Å²) in [5.41, 5.74) is 0.468. The Morgan fingerprint density at radius 2 is 1.61 bits per heavy atom. The Balaban J connectivity index is 2.43. The molecule has 1 heterocycles. The second-order valence-electron chi connectivity index (χ2n) is 3.31. The number of halogens is 5. The molecule has 0 aliphatic rings. The number of nitrogens with zero attached hydrogens (tertiary/aromatic N) is 1. The minimum atomic E-state index is -1.36. The quantitative estimate of drug-likeness (QED) is 0.758. The Morgan fingerprint density at radius 1 is 1.00 bits per heavy atom. The molecule has 0 spiro atoms. The minimum absolute atomic E-state index is 0.387. The van der Waals surface area contributed by atoms with Crippen LogP contribution in [0.4, 0.5) is 24.7 Å². The van der Waals surface area contributed by atoms with E-state index >= 15 is 0 Å². The molecular formula is C11H5Br2F3N2. The minimum Gasteiger partial charge on any atom is -0.336 e. The first-order chi connectivity index (χ1) is 8.49. The highest BCUT2D eigenvalue weighted by Crippen LogP contribution is 2.33. The van der Waals surface area contributed by atoms with Crippen LogP contribution in [0.5, 0.6) is 0 Å². The lowest BCUT2D eigenvalue weighted by molar-refractivity contribution is 0.467. The van der Waals surface area contributed by atoms with Gasteiger partial charge in [-0.1, -0.05) is 6.07 Å². The Hall–Kier alpha value is -1.08. The van der Waals surface area contributed by atoms with Crippen molar-refractivity contribution in [3.05, 3.63) is 50.8 Å². The van der Waals surface area contributed by atoms with Crippen molar-refractivity contribution >= 4 is 43.4 Å². The average Bonchev–Trinajstić information content (AvgIpc) is 2.30. The maximum Gasteiger partial charge on any atom is 0.251 e. The summed E-state index contributed by atoms with van der Waals surface area (Å²) in [5, 5.41) is 2.59. The molecule has 0 unspecified atom stereocenters. The van der Waals surface area contributed by atoms with Gasteiger partial charge < -0.3 is 5.32 Å². The normalized spacial score (nSPS) is 10.5. The van der Waals surface area contributed by atoms with Gasteiger partial charge in [-0.2, -0.15) is 9.37 Å². The second kappa shape index (κ2) is 5.27. The molecule has 0 bridgehead atoms. The Bertz CT molecular complexity index is 585. The van der Waals surface area contributed by atoms with E-state index in [1.165, 1.54) is 0 Å². The summed E-state index contributed by atoms with van der Waals surface area (Å²) in [6.45, 7) is 0. The molecule has 0 radical (unpaired) electrons. The standard InChI is InChI=1S/C11H5Br2F3N2/c12-5-2-1-3-6(13)9(5)17-11-8(15)4-7(14)10(16)18-11/h1-4H,(H,17,18). The van der Waals surface area contributed by atoms with Gasteiger partial charge in [-0.25, -0.2) is 8.78 Å². The van der Waals surface area contributed by atoms with Crippen molar-refractivity contribution in [2.24, 2.45) is 0 Å². The molecule has 0 saturated heterocycles. The van der Waals surface area contributed by atoms with E-state index in [0.29, 0.717) is 20.7 Å². The molecule has 0 saturated carbocycles. The smallest absolute Gasteiger partial charge is 0.251 e. The zero-order chi connectivity index (χ0) is 13.3. The maximum absolute atomic E-state index is 13.4. The molecule has 18 heavy (non-hydrogen) atoms. The molecule has 0 aliphatic heterocycles. The summed E-state index contributed by atoms with van der Waals surface area (Å²) in [7, 11) is 0. The molecule has 0 aliphatic carbocycles. The van der Waals surface area contributed by atoms with Gasteiger partial charge in [0.1, 0.15) is 0 Å². The highest BCUT2D eigenvalue weighted by atomic mass is 79.9. The fourth-order valence-corrected chi connectivity index (χ4v) is 2.46. The van der Waals surface area contributed by atoms with Crippen LogP contribution in [-0.2, 0) is 0 Å². The molecule has 94 valence electrons. The van der Waals surface area contributed by atoms with Crippen LogP contribution in [0.15, 0.2) is 33.2 Å². The highest BCUT2D eigenvalue weighted by Gasteiger charge is 2.14. The van der Waals surface area contributed by atoms with Crippen LogP contribution >= 0.6 is 31.9 Å². The predicted octanol–water partition coefficient (Wildman–Crippen LogP) is 4.77. The topological polar surface area (TPSA) is 24.9 Å². The molecule has 2 aromatic rings. The molecule has 1 aromatic carbocycles. The van der Waals surface area contributed by atoms with Gasteiger partial charge in [0.25, 0.3) is 5.95 Å². The van der Waals surface area contributed by atoms with E-state index in [1.807, 2.05) is 0 Å². The molecule has 0 amide bonds. The van der Waals surface area contributed by atoms with Crippen molar-refractivity contribution in [3.8, 4) is 0 Å². The van der Waals surface area contributed by atoms with E-state index in [9.17, 15) is 13.2 Å². The number of rotatable bonds is 2. The molecule has 7 heteroatoms. The number of aromatic nitrogens is 1. The Labute approximate surface area is 117 Å².